The minimum Gasteiger partial charge on any atom is -0.497 e. The summed E-state index contributed by atoms with van der Waals surface area (Å²) in [5.41, 5.74) is 1.91. The maximum absolute atomic E-state index is 13.5. The molecule has 0 aromatic heterocycles. The summed E-state index contributed by atoms with van der Waals surface area (Å²) in [7, 11) is 3.03. The van der Waals surface area contributed by atoms with Gasteiger partial charge in [0.25, 0.3) is 11.8 Å². The Balaban J connectivity index is 1.62. The van der Waals surface area contributed by atoms with Crippen molar-refractivity contribution in [1.29, 1.82) is 0 Å². The van der Waals surface area contributed by atoms with E-state index in [0.29, 0.717) is 44.2 Å². The van der Waals surface area contributed by atoms with Gasteiger partial charge in [0.2, 0.25) is 5.91 Å². The summed E-state index contributed by atoms with van der Waals surface area (Å²) >= 11 is 6.50. The Morgan fingerprint density at radius 1 is 1.06 bits per heavy atom. The van der Waals surface area contributed by atoms with Gasteiger partial charge in [0, 0.05) is 18.2 Å². The predicted molar refractivity (Wildman–Crippen MR) is 136 cm³/mol. The van der Waals surface area contributed by atoms with E-state index in [4.69, 9.17) is 21.7 Å². The van der Waals surface area contributed by atoms with Crippen molar-refractivity contribution < 1.29 is 23.9 Å². The zero-order chi connectivity index (χ0) is 24.4. The number of carbonyl (C=O) groups is 3. The molecule has 4 rings (SSSR count). The molecule has 2 heterocycles. The van der Waals surface area contributed by atoms with Gasteiger partial charge in [-0.15, -0.1) is 0 Å². The van der Waals surface area contributed by atoms with Gasteiger partial charge in [0.05, 0.1) is 36.1 Å². The Morgan fingerprint density at radius 2 is 1.82 bits per heavy atom. The number of fused-ring (bicyclic) bond motifs is 1. The van der Waals surface area contributed by atoms with Crippen LogP contribution in [0.5, 0.6) is 11.5 Å². The number of nitrogens with one attached hydrogen (secondary N) is 1. The zero-order valence-electron chi connectivity index (χ0n) is 18.9. The third-order valence-corrected chi connectivity index (χ3v) is 6.88. The standard InChI is InChI=1S/C24H23N3O5S2/c1-4-11-26-23(30)21(34-24(26)33)20-15-7-5-6-8-17(15)27(22(20)29)13-19(28)25-16-10-9-14(31-2)12-18(16)32-3/h5-10,12H,4,11,13H2,1-3H3,(H,25,28)/b21-20+. The first-order chi connectivity index (χ1) is 16.4. The van der Waals surface area contributed by atoms with E-state index >= 15 is 0 Å². The Kier molecular flexibility index (Phi) is 6.90. The largest absolute Gasteiger partial charge is 0.497 e. The van der Waals surface area contributed by atoms with Gasteiger partial charge in [-0.3, -0.25) is 24.2 Å². The lowest BCUT2D eigenvalue weighted by Crippen LogP contribution is -2.35. The molecule has 8 nitrogen and oxygen atoms in total. The average molecular weight is 498 g/mol. The fourth-order valence-corrected chi connectivity index (χ4v) is 5.24. The number of hydrogen-bond donors (Lipinski definition) is 1. The third-order valence-electron chi connectivity index (χ3n) is 5.43. The summed E-state index contributed by atoms with van der Waals surface area (Å²) in [4.78, 5) is 42.6. The Hall–Kier alpha value is -3.37. The van der Waals surface area contributed by atoms with E-state index in [9.17, 15) is 14.4 Å². The normalized spacial score (nSPS) is 17.3. The summed E-state index contributed by atoms with van der Waals surface area (Å²) in [6.07, 6.45) is 0.751. The summed E-state index contributed by atoms with van der Waals surface area (Å²) < 4.78 is 10.9. The van der Waals surface area contributed by atoms with Crippen LogP contribution in [-0.2, 0) is 14.4 Å². The summed E-state index contributed by atoms with van der Waals surface area (Å²) in [6, 6.07) is 12.1. The van der Waals surface area contributed by atoms with Crippen LogP contribution in [-0.4, -0.2) is 54.3 Å². The van der Waals surface area contributed by atoms with Crippen molar-refractivity contribution in [3.05, 3.63) is 52.9 Å². The monoisotopic (exact) mass is 497 g/mol. The highest BCUT2D eigenvalue weighted by Gasteiger charge is 2.42. The molecule has 0 spiro atoms. The summed E-state index contributed by atoms with van der Waals surface area (Å²) in [5.74, 6) is -0.0737. The zero-order valence-corrected chi connectivity index (χ0v) is 20.5. The van der Waals surface area contributed by atoms with Gasteiger partial charge in [0.15, 0.2) is 0 Å². The van der Waals surface area contributed by atoms with E-state index in [1.165, 1.54) is 24.0 Å². The Labute approximate surface area is 206 Å². The number of carbonyl (C=O) groups excluding carboxylic acids is 3. The molecule has 0 saturated carbocycles. The van der Waals surface area contributed by atoms with Gasteiger partial charge >= 0.3 is 0 Å². The Morgan fingerprint density at radius 3 is 2.53 bits per heavy atom. The van der Waals surface area contributed by atoms with Gasteiger partial charge in [-0.25, -0.2) is 0 Å². The lowest BCUT2D eigenvalue weighted by molar-refractivity contribution is -0.122. The molecule has 1 saturated heterocycles. The van der Waals surface area contributed by atoms with Crippen LogP contribution >= 0.6 is 24.0 Å². The fourth-order valence-electron chi connectivity index (χ4n) is 3.86. The molecule has 1 fully saturated rings. The van der Waals surface area contributed by atoms with Crippen molar-refractivity contribution in [3.63, 3.8) is 0 Å². The number of para-hydroxylation sites is 1. The highest BCUT2D eigenvalue weighted by molar-refractivity contribution is 8.26. The van der Waals surface area contributed by atoms with Crippen molar-refractivity contribution in [2.24, 2.45) is 0 Å². The lowest BCUT2D eigenvalue weighted by atomic mass is 10.1. The van der Waals surface area contributed by atoms with Crippen molar-refractivity contribution in [1.82, 2.24) is 4.90 Å². The number of anilines is 2. The van der Waals surface area contributed by atoms with E-state index in [2.05, 4.69) is 5.32 Å². The van der Waals surface area contributed by atoms with Crippen LogP contribution in [0.4, 0.5) is 11.4 Å². The van der Waals surface area contributed by atoms with Gasteiger partial charge in [-0.05, 0) is 24.6 Å². The number of thioether (sulfide) groups is 1. The summed E-state index contributed by atoms with van der Waals surface area (Å²) in [5, 5.41) is 2.78. The summed E-state index contributed by atoms with van der Waals surface area (Å²) in [6.45, 7) is 2.22. The van der Waals surface area contributed by atoms with E-state index in [-0.39, 0.29) is 18.0 Å². The van der Waals surface area contributed by atoms with Crippen LogP contribution in [0, 0.1) is 0 Å². The van der Waals surface area contributed by atoms with E-state index < -0.39 is 11.8 Å². The molecule has 0 aliphatic carbocycles. The molecule has 10 heteroatoms. The first-order valence-corrected chi connectivity index (χ1v) is 11.8. The molecule has 2 aliphatic rings. The second-order valence-electron chi connectivity index (χ2n) is 7.55. The Bertz CT molecular complexity index is 1230. The van der Waals surface area contributed by atoms with Crippen molar-refractivity contribution in [2.75, 3.05) is 37.5 Å². The predicted octanol–water partition coefficient (Wildman–Crippen LogP) is 3.67. The third kappa shape index (κ3) is 4.26. The first-order valence-electron chi connectivity index (χ1n) is 10.6. The maximum atomic E-state index is 13.5. The number of benzene rings is 2. The maximum Gasteiger partial charge on any atom is 0.267 e. The molecule has 0 radical (unpaired) electrons. The molecule has 2 aromatic carbocycles. The van der Waals surface area contributed by atoms with Gasteiger partial charge in [-0.2, -0.15) is 0 Å². The van der Waals surface area contributed by atoms with Crippen molar-refractivity contribution in [2.45, 2.75) is 13.3 Å². The molecule has 2 aliphatic heterocycles. The highest BCUT2D eigenvalue weighted by atomic mass is 32.2. The molecule has 0 bridgehead atoms. The first kappa shape index (κ1) is 23.8. The second kappa shape index (κ2) is 9.86. The van der Waals surface area contributed by atoms with Gasteiger partial charge in [0.1, 0.15) is 22.4 Å². The number of nitrogens with zero attached hydrogens (tertiary/aromatic N) is 2. The van der Waals surface area contributed by atoms with Crippen LogP contribution in [0.3, 0.4) is 0 Å². The molecule has 0 atom stereocenters. The van der Waals surface area contributed by atoms with Crippen LogP contribution in [0.2, 0.25) is 0 Å². The van der Waals surface area contributed by atoms with Crippen LogP contribution in [0.15, 0.2) is 47.4 Å². The van der Waals surface area contributed by atoms with Crippen LogP contribution in [0.1, 0.15) is 18.9 Å². The smallest absolute Gasteiger partial charge is 0.267 e. The van der Waals surface area contributed by atoms with Gasteiger partial charge < -0.3 is 14.8 Å². The lowest BCUT2D eigenvalue weighted by Gasteiger charge is -2.18. The van der Waals surface area contributed by atoms with Crippen molar-refractivity contribution >= 4 is 63.0 Å². The molecular weight excluding hydrogens is 474 g/mol. The number of rotatable bonds is 7. The second-order valence-corrected chi connectivity index (χ2v) is 9.20. The van der Waals surface area contributed by atoms with Crippen molar-refractivity contribution in [3.8, 4) is 11.5 Å². The van der Waals surface area contributed by atoms with E-state index in [1.54, 1.807) is 42.5 Å². The topological polar surface area (TPSA) is 88.2 Å². The van der Waals surface area contributed by atoms with Gasteiger partial charge in [-0.1, -0.05) is 49.1 Å². The minimum absolute atomic E-state index is 0.232. The molecule has 1 N–H and O–H groups in total. The number of methoxy groups -OCH3 is 2. The number of ether oxygens (including phenoxy) is 2. The SMILES string of the molecule is CCCN1C(=O)/C(=C2\C(=O)N(CC(=O)Nc3ccc(OC)cc3OC)c3ccccc32)SC1=S. The minimum atomic E-state index is -0.411. The molecule has 2 aromatic rings. The quantitative estimate of drug-likeness (QED) is 0.461. The van der Waals surface area contributed by atoms with Crippen LogP contribution in [0.25, 0.3) is 5.57 Å². The molecule has 34 heavy (non-hydrogen) atoms. The average Bonchev–Trinajstić information content (AvgIpc) is 3.27. The highest BCUT2D eigenvalue weighted by Crippen LogP contribution is 2.44. The van der Waals surface area contributed by atoms with E-state index in [0.717, 1.165) is 18.2 Å². The fraction of sp³-hybridized carbons (Fsp3) is 0.250. The number of hydrogen-bond acceptors (Lipinski definition) is 7. The molecule has 3 amide bonds. The molecule has 176 valence electrons. The van der Waals surface area contributed by atoms with Crippen LogP contribution < -0.4 is 19.7 Å². The number of thiocarbonyl (C=S) groups is 1. The molecule has 0 unspecified atom stereocenters. The number of amides is 3. The molecular formula is C24H23N3O5S2. The van der Waals surface area contributed by atoms with E-state index in [1.807, 2.05) is 6.92 Å².